The molecule has 1 saturated heterocycles. The first-order valence-corrected chi connectivity index (χ1v) is 8.33. The number of H-pyrrole nitrogens is 1. The summed E-state index contributed by atoms with van der Waals surface area (Å²) >= 11 is 0. The van der Waals surface area contributed by atoms with E-state index in [1.54, 1.807) is 0 Å². The van der Waals surface area contributed by atoms with Gasteiger partial charge in [0, 0.05) is 24.4 Å². The minimum absolute atomic E-state index is 0.274. The normalized spacial score (nSPS) is 22.0. The molecule has 11 heteroatoms. The molecule has 140 valence electrons. The molecule has 0 radical (unpaired) electrons. The number of tetrazole rings is 1. The first-order chi connectivity index (χ1) is 13.2. The summed E-state index contributed by atoms with van der Waals surface area (Å²) in [5, 5.41) is 24.6. The fourth-order valence-electron chi connectivity index (χ4n) is 3.11. The fraction of sp³-hybridized carbons (Fsp3) is 0.312. The molecule has 2 aromatic heterocycles. The largest absolute Gasteiger partial charge is 0.394 e. The Hall–Kier alpha value is -3.31. The molecule has 11 nitrogen and oxygen atoms in total. The molecule has 0 bridgehead atoms. The van der Waals surface area contributed by atoms with Gasteiger partial charge in [0.25, 0.3) is 5.56 Å². The van der Waals surface area contributed by atoms with Gasteiger partial charge in [-0.2, -0.15) is 0 Å². The predicted molar refractivity (Wildman–Crippen MR) is 93.5 cm³/mol. The van der Waals surface area contributed by atoms with Gasteiger partial charge >= 0.3 is 5.69 Å². The molecule has 4 rings (SSSR count). The van der Waals surface area contributed by atoms with Gasteiger partial charge in [-0.05, 0) is 22.6 Å². The third-order valence-corrected chi connectivity index (χ3v) is 4.38. The molecule has 0 unspecified atom stereocenters. The first kappa shape index (κ1) is 17.1. The number of hydrogen-bond acceptors (Lipinski definition) is 8. The highest BCUT2D eigenvalue weighted by Crippen LogP contribution is 2.36. The maximum Gasteiger partial charge on any atom is 0.330 e. The molecule has 0 saturated carbocycles. The van der Waals surface area contributed by atoms with Crippen LogP contribution in [0.3, 0.4) is 0 Å². The molecule has 3 heterocycles. The number of ether oxygens (including phenoxy) is 1. The second-order valence-corrected chi connectivity index (χ2v) is 6.07. The number of nitrogens with zero attached hydrogens (tertiary/aromatic N) is 5. The van der Waals surface area contributed by atoms with Crippen molar-refractivity contribution in [1.82, 2.24) is 29.8 Å². The topological polar surface area (TPSA) is 140 Å². The molecule has 27 heavy (non-hydrogen) atoms. The van der Waals surface area contributed by atoms with Crippen LogP contribution in [0.15, 0.2) is 52.2 Å². The Bertz CT molecular complexity index is 1030. The van der Waals surface area contributed by atoms with Crippen LogP contribution in [0.25, 0.3) is 0 Å². The van der Waals surface area contributed by atoms with Gasteiger partial charge in [-0.1, -0.05) is 23.3 Å². The van der Waals surface area contributed by atoms with Crippen LogP contribution in [-0.4, -0.2) is 47.6 Å². The minimum atomic E-state index is -0.662. The Morgan fingerprint density at radius 2 is 2.07 bits per heavy atom. The van der Waals surface area contributed by atoms with Crippen molar-refractivity contribution in [1.29, 1.82) is 0 Å². The Morgan fingerprint density at radius 3 is 2.81 bits per heavy atom. The first-order valence-electron chi connectivity index (χ1n) is 8.33. The van der Waals surface area contributed by atoms with E-state index in [1.165, 1.54) is 21.5 Å². The van der Waals surface area contributed by atoms with E-state index in [2.05, 4.69) is 25.8 Å². The van der Waals surface area contributed by atoms with Gasteiger partial charge in [-0.3, -0.25) is 14.3 Å². The lowest BCUT2D eigenvalue weighted by Gasteiger charge is -2.17. The highest BCUT2D eigenvalue weighted by atomic mass is 16.5. The number of benzene rings is 1. The average Bonchev–Trinajstić information content (AvgIpc) is 3.29. The number of aliphatic hydroxyl groups excluding tert-OH is 1. The van der Waals surface area contributed by atoms with Gasteiger partial charge in [0.2, 0.25) is 5.95 Å². The molecular weight excluding hydrogens is 354 g/mol. The van der Waals surface area contributed by atoms with Crippen molar-refractivity contribution >= 4 is 11.6 Å². The van der Waals surface area contributed by atoms with E-state index < -0.39 is 29.6 Å². The molecule has 0 amide bonds. The van der Waals surface area contributed by atoms with Gasteiger partial charge in [-0.15, -0.1) is 0 Å². The van der Waals surface area contributed by atoms with E-state index in [0.29, 0.717) is 12.4 Å². The van der Waals surface area contributed by atoms with Gasteiger partial charge < -0.3 is 15.2 Å². The van der Waals surface area contributed by atoms with Crippen molar-refractivity contribution in [3.63, 3.8) is 0 Å². The number of nitrogens with one attached hydrogen (secondary N) is 2. The highest BCUT2D eigenvalue weighted by Gasteiger charge is 2.39. The molecule has 3 aromatic rings. The zero-order valence-corrected chi connectivity index (χ0v) is 14.1. The third-order valence-electron chi connectivity index (χ3n) is 4.38. The Kier molecular flexibility index (Phi) is 4.52. The lowest BCUT2D eigenvalue weighted by Crippen LogP contribution is -2.31. The summed E-state index contributed by atoms with van der Waals surface area (Å²) in [5.74, 6) is 0.391. The van der Waals surface area contributed by atoms with Crippen molar-refractivity contribution in [2.45, 2.75) is 24.8 Å². The Labute approximate surface area is 152 Å². The monoisotopic (exact) mass is 371 g/mol. The molecule has 0 spiro atoms. The predicted octanol–water partition coefficient (Wildman–Crippen LogP) is -0.212. The summed E-state index contributed by atoms with van der Waals surface area (Å²) in [6, 6.07) is 10.2. The molecule has 0 aliphatic carbocycles. The zero-order chi connectivity index (χ0) is 18.8. The number of anilines is 2. The Morgan fingerprint density at radius 1 is 1.26 bits per heavy atom. The van der Waals surface area contributed by atoms with Crippen LogP contribution < -0.4 is 16.6 Å². The van der Waals surface area contributed by atoms with Crippen LogP contribution in [0.5, 0.6) is 0 Å². The molecular formula is C16H17N7O4. The van der Waals surface area contributed by atoms with E-state index in [4.69, 9.17) is 4.74 Å². The minimum Gasteiger partial charge on any atom is -0.394 e. The molecule has 1 aliphatic rings. The van der Waals surface area contributed by atoms with E-state index >= 15 is 0 Å². The van der Waals surface area contributed by atoms with Crippen molar-refractivity contribution in [2.24, 2.45) is 0 Å². The van der Waals surface area contributed by atoms with Crippen LogP contribution in [0.4, 0.5) is 11.6 Å². The van der Waals surface area contributed by atoms with Gasteiger partial charge in [0.15, 0.2) is 0 Å². The molecule has 1 aromatic carbocycles. The molecule has 3 N–H and O–H groups in total. The van der Waals surface area contributed by atoms with Crippen LogP contribution in [0, 0.1) is 0 Å². The number of aromatic nitrogens is 6. The highest BCUT2D eigenvalue weighted by molar-refractivity contribution is 5.52. The number of para-hydroxylation sites is 1. The number of aromatic amines is 1. The molecule has 3 atom stereocenters. The van der Waals surface area contributed by atoms with Gasteiger partial charge in [-0.25, -0.2) is 9.48 Å². The molecule has 1 fully saturated rings. The van der Waals surface area contributed by atoms with E-state index in [-0.39, 0.29) is 6.61 Å². The zero-order valence-electron chi connectivity index (χ0n) is 14.1. The summed E-state index contributed by atoms with van der Waals surface area (Å²) in [6.45, 7) is -0.274. The van der Waals surface area contributed by atoms with E-state index in [0.717, 1.165) is 5.69 Å². The second kappa shape index (κ2) is 7.13. The summed E-state index contributed by atoms with van der Waals surface area (Å²) in [7, 11) is 0. The van der Waals surface area contributed by atoms with E-state index in [9.17, 15) is 14.7 Å². The molecule has 1 aliphatic heterocycles. The summed E-state index contributed by atoms with van der Waals surface area (Å²) < 4.78 is 8.61. The smallest absolute Gasteiger partial charge is 0.330 e. The summed E-state index contributed by atoms with van der Waals surface area (Å²) in [6.07, 6.45) is 0.427. The summed E-state index contributed by atoms with van der Waals surface area (Å²) in [5.41, 5.74) is -0.259. The van der Waals surface area contributed by atoms with Crippen LogP contribution in [0.1, 0.15) is 18.7 Å². The van der Waals surface area contributed by atoms with Crippen molar-refractivity contribution in [2.75, 3.05) is 11.9 Å². The fourth-order valence-corrected chi connectivity index (χ4v) is 3.11. The second-order valence-electron chi connectivity index (χ2n) is 6.07. The quantitative estimate of drug-likeness (QED) is 0.560. The third kappa shape index (κ3) is 3.37. The number of aliphatic hydroxyl groups is 1. The van der Waals surface area contributed by atoms with E-state index in [1.807, 2.05) is 30.3 Å². The van der Waals surface area contributed by atoms with Gasteiger partial charge in [0.05, 0.1) is 12.6 Å². The maximum absolute atomic E-state index is 12.0. The summed E-state index contributed by atoms with van der Waals surface area (Å²) in [4.78, 5) is 25.5. The number of hydrogen-bond donors (Lipinski definition) is 3. The van der Waals surface area contributed by atoms with Crippen molar-refractivity contribution in [3.05, 3.63) is 63.4 Å². The average molecular weight is 371 g/mol. The van der Waals surface area contributed by atoms with Crippen molar-refractivity contribution < 1.29 is 9.84 Å². The lowest BCUT2D eigenvalue weighted by atomic mass is 10.1. The standard InChI is InChI=1S/C16H17N7O4/c24-9-12-11(8-14(27-12)22-7-6-13(25)18-16(22)26)23-15(19-20-21-23)17-10-4-2-1-3-5-10/h1-7,11-12,14,24H,8-9H2,(H,17,19,21)(H,18,25,26)/t11-,12+,14+/m0/s1. The SMILES string of the molecule is O=c1ccn([C@H]2C[C@H](n3nnnc3Nc3ccccc3)[C@@H](CO)O2)c(=O)[nH]1. The van der Waals surface area contributed by atoms with Crippen LogP contribution >= 0.6 is 0 Å². The lowest BCUT2D eigenvalue weighted by molar-refractivity contribution is -0.0321. The number of rotatable bonds is 5. The van der Waals surface area contributed by atoms with Crippen LogP contribution in [0.2, 0.25) is 0 Å². The van der Waals surface area contributed by atoms with Crippen molar-refractivity contribution in [3.8, 4) is 0 Å². The Balaban J connectivity index is 1.61. The van der Waals surface area contributed by atoms with Gasteiger partial charge in [0.1, 0.15) is 12.3 Å². The van der Waals surface area contributed by atoms with Crippen LogP contribution in [-0.2, 0) is 4.74 Å². The maximum atomic E-state index is 12.0.